The summed E-state index contributed by atoms with van der Waals surface area (Å²) in [5, 5.41) is 9.94. The van der Waals surface area contributed by atoms with Gasteiger partial charge in [0.05, 0.1) is 6.10 Å². The Hall–Kier alpha value is -0.120. The fraction of sp³-hybridized carbons (Fsp3) is 1.00. The van der Waals surface area contributed by atoms with Gasteiger partial charge in [-0.2, -0.15) is 0 Å². The number of hydrogen-bond donors (Lipinski definition) is 1. The van der Waals surface area contributed by atoms with Gasteiger partial charge in [-0.25, -0.2) is 0 Å². The lowest BCUT2D eigenvalue weighted by molar-refractivity contribution is -0.0900. The first kappa shape index (κ1) is 11.7. The molecule has 3 nitrogen and oxygen atoms in total. The Labute approximate surface area is 110 Å². The summed E-state index contributed by atoms with van der Waals surface area (Å²) in [7, 11) is 0. The quantitative estimate of drug-likeness (QED) is 0.702. The minimum absolute atomic E-state index is 0.0260. The number of fused-ring (bicyclic) bond motifs is 6. The van der Waals surface area contributed by atoms with Crippen LogP contribution in [0, 0.1) is 11.8 Å². The largest absolute Gasteiger partial charge is 0.393 e. The molecule has 0 aliphatic carbocycles. The van der Waals surface area contributed by atoms with E-state index in [1.54, 1.807) is 0 Å². The lowest BCUT2D eigenvalue weighted by atomic mass is 9.70. The predicted octanol–water partition coefficient (Wildman–Crippen LogP) is 1.32. The molecule has 0 aromatic rings. The normalized spacial score (nSPS) is 49.5. The average Bonchev–Trinajstić information content (AvgIpc) is 2.40. The van der Waals surface area contributed by atoms with Crippen molar-refractivity contribution in [2.24, 2.45) is 11.8 Å². The molecule has 4 aliphatic rings. The maximum atomic E-state index is 9.94. The van der Waals surface area contributed by atoms with Gasteiger partial charge in [0, 0.05) is 31.7 Å². The van der Waals surface area contributed by atoms with Gasteiger partial charge in [0.2, 0.25) is 0 Å². The van der Waals surface area contributed by atoms with Crippen LogP contribution in [0.2, 0.25) is 0 Å². The molecule has 0 aromatic heterocycles. The zero-order valence-corrected chi connectivity index (χ0v) is 11.3. The monoisotopic (exact) mass is 250 g/mol. The van der Waals surface area contributed by atoms with Crippen molar-refractivity contribution in [1.82, 2.24) is 9.80 Å². The molecule has 4 aliphatic heterocycles. The molecule has 2 bridgehead atoms. The zero-order chi connectivity index (χ0) is 12.1. The number of nitrogens with zero attached hydrogens (tertiary/aromatic N) is 2. The van der Waals surface area contributed by atoms with E-state index in [4.69, 9.17) is 0 Å². The van der Waals surface area contributed by atoms with Crippen LogP contribution in [0.4, 0.5) is 0 Å². The number of hydrogen-bond acceptors (Lipinski definition) is 3. The third kappa shape index (κ3) is 1.83. The molecule has 0 amide bonds. The van der Waals surface area contributed by atoms with Gasteiger partial charge in [0.15, 0.2) is 0 Å². The van der Waals surface area contributed by atoms with Gasteiger partial charge in [-0.15, -0.1) is 0 Å². The SMILES string of the molecule is O[C@@H]1CCN2C[C@H]3C[C@H](CN4CCCC[C@@H]34)[C@H]2C1. The topological polar surface area (TPSA) is 26.7 Å². The van der Waals surface area contributed by atoms with Gasteiger partial charge < -0.3 is 5.11 Å². The molecular weight excluding hydrogens is 224 g/mol. The summed E-state index contributed by atoms with van der Waals surface area (Å²) in [4.78, 5) is 5.51. The van der Waals surface area contributed by atoms with Crippen LogP contribution in [-0.2, 0) is 0 Å². The number of aliphatic hydroxyl groups is 1. The fourth-order valence-corrected chi connectivity index (χ4v) is 5.22. The van der Waals surface area contributed by atoms with Crippen molar-refractivity contribution in [1.29, 1.82) is 0 Å². The summed E-state index contributed by atoms with van der Waals surface area (Å²) in [6.07, 6.45) is 7.76. The van der Waals surface area contributed by atoms with Crippen LogP contribution in [0.3, 0.4) is 0 Å². The van der Waals surface area contributed by atoms with Gasteiger partial charge in [-0.3, -0.25) is 9.80 Å². The number of aliphatic hydroxyl groups excluding tert-OH is 1. The first-order valence-corrected chi connectivity index (χ1v) is 7.97. The third-order valence-electron chi connectivity index (χ3n) is 6.03. The maximum absolute atomic E-state index is 9.94. The molecule has 3 heteroatoms. The van der Waals surface area contributed by atoms with Crippen molar-refractivity contribution >= 4 is 0 Å². The zero-order valence-electron chi connectivity index (χ0n) is 11.3. The lowest BCUT2D eigenvalue weighted by Gasteiger charge is -2.57. The summed E-state index contributed by atoms with van der Waals surface area (Å²) < 4.78 is 0. The second-order valence-electron chi connectivity index (χ2n) is 7.05. The van der Waals surface area contributed by atoms with Crippen molar-refractivity contribution < 1.29 is 5.11 Å². The Kier molecular flexibility index (Phi) is 2.90. The summed E-state index contributed by atoms with van der Waals surface area (Å²) in [5.41, 5.74) is 0. The molecule has 0 saturated carbocycles. The predicted molar refractivity (Wildman–Crippen MR) is 71.4 cm³/mol. The molecule has 4 fully saturated rings. The maximum Gasteiger partial charge on any atom is 0.0567 e. The Balaban J connectivity index is 1.55. The summed E-state index contributed by atoms with van der Waals surface area (Å²) in [6, 6.07) is 1.58. The van der Waals surface area contributed by atoms with E-state index in [1.807, 2.05) is 0 Å². The molecule has 0 unspecified atom stereocenters. The van der Waals surface area contributed by atoms with Crippen LogP contribution in [0.1, 0.15) is 38.5 Å². The standard InChI is InChI=1S/C15H26N2O/c18-13-4-6-17-9-11-7-12(15(17)8-13)10-16-5-2-1-3-14(11)16/h11-15,18H,1-10H2/t11-,12-,13-,14+,15-/m1/s1. The molecular formula is C15H26N2O. The van der Waals surface area contributed by atoms with Crippen LogP contribution in [0.25, 0.3) is 0 Å². The molecule has 5 atom stereocenters. The summed E-state index contributed by atoms with van der Waals surface area (Å²) in [6.45, 7) is 5.11. The molecule has 18 heavy (non-hydrogen) atoms. The summed E-state index contributed by atoms with van der Waals surface area (Å²) in [5.74, 6) is 1.77. The van der Waals surface area contributed by atoms with E-state index < -0.39 is 0 Å². The van der Waals surface area contributed by atoms with Crippen LogP contribution in [0.5, 0.6) is 0 Å². The third-order valence-corrected chi connectivity index (χ3v) is 6.03. The number of rotatable bonds is 0. The highest BCUT2D eigenvalue weighted by Crippen LogP contribution is 2.42. The van der Waals surface area contributed by atoms with Crippen LogP contribution in [-0.4, -0.2) is 59.3 Å². The van der Waals surface area contributed by atoms with Gasteiger partial charge in [-0.1, -0.05) is 6.42 Å². The minimum atomic E-state index is -0.0260. The molecule has 4 saturated heterocycles. The Morgan fingerprint density at radius 2 is 1.56 bits per heavy atom. The van der Waals surface area contributed by atoms with E-state index in [-0.39, 0.29) is 6.10 Å². The highest BCUT2D eigenvalue weighted by molar-refractivity contribution is 5.01. The molecule has 0 aromatic carbocycles. The summed E-state index contributed by atoms with van der Waals surface area (Å²) >= 11 is 0. The first-order chi connectivity index (χ1) is 8.81. The second-order valence-corrected chi connectivity index (χ2v) is 7.05. The molecule has 4 heterocycles. The molecule has 102 valence electrons. The fourth-order valence-electron chi connectivity index (χ4n) is 5.22. The smallest absolute Gasteiger partial charge is 0.0567 e. The van der Waals surface area contributed by atoms with Crippen molar-refractivity contribution in [2.45, 2.75) is 56.7 Å². The highest BCUT2D eigenvalue weighted by Gasteiger charge is 2.47. The van der Waals surface area contributed by atoms with E-state index in [0.29, 0.717) is 6.04 Å². The van der Waals surface area contributed by atoms with Gasteiger partial charge in [0.1, 0.15) is 0 Å². The molecule has 1 N–H and O–H groups in total. The highest BCUT2D eigenvalue weighted by atomic mass is 16.3. The van der Waals surface area contributed by atoms with E-state index in [9.17, 15) is 5.11 Å². The molecule has 4 rings (SSSR count). The van der Waals surface area contributed by atoms with E-state index in [2.05, 4.69) is 9.80 Å². The van der Waals surface area contributed by atoms with Gasteiger partial charge in [-0.05, 0) is 50.5 Å². The van der Waals surface area contributed by atoms with E-state index in [1.165, 1.54) is 45.3 Å². The molecule has 0 spiro atoms. The number of piperidine rings is 4. The Morgan fingerprint density at radius 1 is 0.778 bits per heavy atom. The average molecular weight is 250 g/mol. The van der Waals surface area contributed by atoms with Gasteiger partial charge >= 0.3 is 0 Å². The lowest BCUT2D eigenvalue weighted by Crippen LogP contribution is -2.64. The second kappa shape index (κ2) is 4.46. The van der Waals surface area contributed by atoms with Crippen molar-refractivity contribution in [3.8, 4) is 0 Å². The first-order valence-electron chi connectivity index (χ1n) is 7.97. The van der Waals surface area contributed by atoms with E-state index >= 15 is 0 Å². The molecule has 0 radical (unpaired) electrons. The van der Waals surface area contributed by atoms with Gasteiger partial charge in [0.25, 0.3) is 0 Å². The van der Waals surface area contributed by atoms with Crippen molar-refractivity contribution in [2.75, 3.05) is 26.2 Å². The Morgan fingerprint density at radius 3 is 2.44 bits per heavy atom. The van der Waals surface area contributed by atoms with Crippen LogP contribution >= 0.6 is 0 Å². The van der Waals surface area contributed by atoms with Crippen molar-refractivity contribution in [3.05, 3.63) is 0 Å². The van der Waals surface area contributed by atoms with Crippen LogP contribution < -0.4 is 0 Å². The minimum Gasteiger partial charge on any atom is -0.393 e. The van der Waals surface area contributed by atoms with Crippen molar-refractivity contribution in [3.63, 3.8) is 0 Å². The van der Waals surface area contributed by atoms with Crippen LogP contribution in [0.15, 0.2) is 0 Å². The van der Waals surface area contributed by atoms with E-state index in [0.717, 1.165) is 37.3 Å². The Bertz CT molecular complexity index is 322.